The van der Waals surface area contributed by atoms with Gasteiger partial charge in [0.15, 0.2) is 0 Å². The number of aromatic nitrogens is 1. The zero-order chi connectivity index (χ0) is 19.8. The molecule has 4 heterocycles. The highest BCUT2D eigenvalue weighted by Gasteiger charge is 2.27. The van der Waals surface area contributed by atoms with Crippen LogP contribution in [0.4, 0.5) is 0 Å². The quantitative estimate of drug-likeness (QED) is 0.772. The molecule has 2 aromatic rings. The van der Waals surface area contributed by atoms with Crippen molar-refractivity contribution in [2.45, 2.75) is 44.6 Å². The first-order chi connectivity index (χ1) is 14.2. The van der Waals surface area contributed by atoms with Crippen molar-refractivity contribution < 1.29 is 9.59 Å². The maximum Gasteiger partial charge on any atom is 0.264 e. The maximum atomic E-state index is 13.0. The van der Waals surface area contributed by atoms with Crippen LogP contribution in [0.3, 0.4) is 0 Å². The van der Waals surface area contributed by atoms with E-state index in [4.69, 9.17) is 0 Å². The van der Waals surface area contributed by atoms with Crippen molar-refractivity contribution in [1.29, 1.82) is 0 Å². The van der Waals surface area contributed by atoms with Crippen LogP contribution in [0.5, 0.6) is 0 Å². The Labute approximate surface area is 176 Å². The fourth-order valence-electron chi connectivity index (χ4n) is 5.00. The predicted octanol–water partition coefficient (Wildman–Crippen LogP) is 3.20. The molecule has 29 heavy (non-hydrogen) atoms. The first-order valence-corrected chi connectivity index (χ1v) is 11.9. The van der Waals surface area contributed by atoms with Gasteiger partial charge in [-0.2, -0.15) is 0 Å². The second-order valence-electron chi connectivity index (χ2n) is 8.73. The monoisotopic (exact) mass is 414 g/mol. The van der Waals surface area contributed by atoms with Gasteiger partial charge in [0.05, 0.1) is 16.1 Å². The predicted molar refractivity (Wildman–Crippen MR) is 115 cm³/mol. The lowest BCUT2D eigenvalue weighted by atomic mass is 10.2. The standard InChI is InChI=1S/C22H30N4O2S/c27-21(24-7-3-4-8-24)16-23-9-11-25(12-10-23)22(28)19-13-17-14-26(15-20(17)29-19)18-5-1-2-6-18/h13-15,18H,1-12,16H2. The summed E-state index contributed by atoms with van der Waals surface area (Å²) in [6, 6.07) is 2.71. The molecule has 3 aliphatic rings. The van der Waals surface area contributed by atoms with Gasteiger partial charge in [-0.15, -0.1) is 11.3 Å². The third-order valence-electron chi connectivity index (χ3n) is 6.78. The number of amides is 2. The van der Waals surface area contributed by atoms with E-state index in [9.17, 15) is 9.59 Å². The summed E-state index contributed by atoms with van der Waals surface area (Å²) in [6.45, 7) is 5.29. The molecule has 0 N–H and O–H groups in total. The molecule has 0 unspecified atom stereocenters. The molecule has 0 bridgehead atoms. The number of piperazine rings is 1. The number of thiophene rings is 1. The molecule has 1 aliphatic carbocycles. The second kappa shape index (κ2) is 8.11. The zero-order valence-electron chi connectivity index (χ0n) is 17.0. The van der Waals surface area contributed by atoms with E-state index >= 15 is 0 Å². The van der Waals surface area contributed by atoms with E-state index in [0.29, 0.717) is 25.7 Å². The fraction of sp³-hybridized carbons (Fsp3) is 0.636. The summed E-state index contributed by atoms with van der Waals surface area (Å²) in [5.41, 5.74) is 0. The number of likely N-dealkylation sites (tertiary alicyclic amines) is 1. The summed E-state index contributed by atoms with van der Waals surface area (Å²) in [7, 11) is 0. The summed E-state index contributed by atoms with van der Waals surface area (Å²) in [5, 5.41) is 1.19. The van der Waals surface area contributed by atoms with Gasteiger partial charge in [-0.3, -0.25) is 14.5 Å². The van der Waals surface area contributed by atoms with Gasteiger partial charge in [-0.1, -0.05) is 12.8 Å². The minimum atomic E-state index is 0.143. The molecule has 3 fully saturated rings. The van der Waals surface area contributed by atoms with Crippen LogP contribution in [0.15, 0.2) is 18.5 Å². The van der Waals surface area contributed by atoms with E-state index in [1.165, 1.54) is 35.8 Å². The molecular formula is C22H30N4O2S. The number of carbonyl (C=O) groups excluding carboxylic acids is 2. The van der Waals surface area contributed by atoms with Crippen LogP contribution in [0.2, 0.25) is 0 Å². The van der Waals surface area contributed by atoms with Crippen molar-refractivity contribution in [2.24, 2.45) is 0 Å². The van der Waals surface area contributed by atoms with Crippen LogP contribution >= 0.6 is 11.3 Å². The Morgan fingerprint density at radius 2 is 1.62 bits per heavy atom. The molecule has 0 spiro atoms. The van der Waals surface area contributed by atoms with Crippen LogP contribution in [0.25, 0.3) is 10.1 Å². The lowest BCUT2D eigenvalue weighted by Crippen LogP contribution is -2.51. The van der Waals surface area contributed by atoms with Crippen LogP contribution in [-0.2, 0) is 4.79 Å². The molecule has 6 nitrogen and oxygen atoms in total. The average molecular weight is 415 g/mol. The summed E-state index contributed by atoms with van der Waals surface area (Å²) < 4.78 is 3.58. The first kappa shape index (κ1) is 19.1. The number of hydrogen-bond donors (Lipinski definition) is 0. The van der Waals surface area contributed by atoms with E-state index in [1.807, 2.05) is 9.80 Å². The van der Waals surface area contributed by atoms with Crippen molar-refractivity contribution in [1.82, 2.24) is 19.3 Å². The molecule has 5 rings (SSSR count). The Hall–Kier alpha value is -1.86. The van der Waals surface area contributed by atoms with Crippen molar-refractivity contribution in [2.75, 3.05) is 45.8 Å². The third kappa shape index (κ3) is 3.94. The number of fused-ring (bicyclic) bond motifs is 1. The molecule has 0 atom stereocenters. The van der Waals surface area contributed by atoms with Crippen LogP contribution in [-0.4, -0.2) is 76.9 Å². The number of nitrogens with zero attached hydrogens (tertiary/aromatic N) is 4. The summed E-state index contributed by atoms with van der Waals surface area (Å²) >= 11 is 1.62. The summed E-state index contributed by atoms with van der Waals surface area (Å²) in [5.74, 6) is 0.388. The van der Waals surface area contributed by atoms with E-state index in [2.05, 4.69) is 27.9 Å². The Morgan fingerprint density at radius 3 is 2.31 bits per heavy atom. The molecule has 156 valence electrons. The van der Waals surface area contributed by atoms with Gasteiger partial charge in [-0.05, 0) is 31.7 Å². The van der Waals surface area contributed by atoms with E-state index in [1.54, 1.807) is 11.3 Å². The highest BCUT2D eigenvalue weighted by Crippen LogP contribution is 2.34. The SMILES string of the molecule is O=C(CN1CCN(C(=O)c2cc3cn(C4CCCC4)cc3s2)CC1)N1CCCC1. The minimum absolute atomic E-state index is 0.143. The molecule has 7 heteroatoms. The fourth-order valence-corrected chi connectivity index (χ4v) is 6.04. The minimum Gasteiger partial charge on any atom is -0.349 e. The lowest BCUT2D eigenvalue weighted by Gasteiger charge is -2.34. The molecule has 0 radical (unpaired) electrons. The van der Waals surface area contributed by atoms with Crippen LogP contribution in [0.1, 0.15) is 54.2 Å². The number of carbonyl (C=O) groups is 2. The molecule has 1 saturated carbocycles. The van der Waals surface area contributed by atoms with Gasteiger partial charge in [0.25, 0.3) is 5.91 Å². The second-order valence-corrected chi connectivity index (χ2v) is 9.81. The average Bonchev–Trinajstić information content (AvgIpc) is 3.52. The molecule has 2 aliphatic heterocycles. The largest absolute Gasteiger partial charge is 0.349 e. The summed E-state index contributed by atoms with van der Waals surface area (Å²) in [6.07, 6.45) is 11.9. The number of hydrogen-bond acceptors (Lipinski definition) is 4. The number of rotatable bonds is 4. The topological polar surface area (TPSA) is 48.8 Å². The molecule has 2 amide bonds. The molecule has 0 aromatic carbocycles. The Balaban J connectivity index is 1.17. The normalized spacial score (nSPS) is 21.5. The van der Waals surface area contributed by atoms with Crippen molar-refractivity contribution in [3.05, 3.63) is 23.3 Å². The van der Waals surface area contributed by atoms with Gasteiger partial charge >= 0.3 is 0 Å². The van der Waals surface area contributed by atoms with Crippen LogP contribution in [0, 0.1) is 0 Å². The molecule has 2 saturated heterocycles. The van der Waals surface area contributed by atoms with E-state index in [-0.39, 0.29) is 11.8 Å². The highest BCUT2D eigenvalue weighted by atomic mass is 32.1. The van der Waals surface area contributed by atoms with E-state index < -0.39 is 0 Å². The third-order valence-corrected chi connectivity index (χ3v) is 7.85. The smallest absolute Gasteiger partial charge is 0.264 e. The molecule has 2 aromatic heterocycles. The van der Waals surface area contributed by atoms with Gasteiger partial charge < -0.3 is 14.4 Å². The molecular weight excluding hydrogens is 384 g/mol. The van der Waals surface area contributed by atoms with Gasteiger partial charge in [-0.25, -0.2) is 0 Å². The van der Waals surface area contributed by atoms with Gasteiger partial charge in [0, 0.05) is 63.1 Å². The Bertz CT molecular complexity index is 852. The highest BCUT2D eigenvalue weighted by molar-refractivity contribution is 7.20. The van der Waals surface area contributed by atoms with Crippen molar-refractivity contribution >= 4 is 33.2 Å². The van der Waals surface area contributed by atoms with E-state index in [0.717, 1.165) is 43.9 Å². The van der Waals surface area contributed by atoms with Gasteiger partial charge in [0.1, 0.15) is 0 Å². The Morgan fingerprint density at radius 1 is 0.897 bits per heavy atom. The zero-order valence-corrected chi connectivity index (χ0v) is 17.8. The lowest BCUT2D eigenvalue weighted by molar-refractivity contribution is -0.131. The maximum absolute atomic E-state index is 13.0. The first-order valence-electron chi connectivity index (χ1n) is 11.1. The van der Waals surface area contributed by atoms with Crippen molar-refractivity contribution in [3.63, 3.8) is 0 Å². The summed E-state index contributed by atoms with van der Waals surface area (Å²) in [4.78, 5) is 32.3. The van der Waals surface area contributed by atoms with Gasteiger partial charge in [0.2, 0.25) is 5.91 Å². The van der Waals surface area contributed by atoms with Crippen molar-refractivity contribution in [3.8, 4) is 0 Å². The van der Waals surface area contributed by atoms with Crippen LogP contribution < -0.4 is 0 Å². The Kier molecular flexibility index (Phi) is 5.35.